The summed E-state index contributed by atoms with van der Waals surface area (Å²) < 4.78 is 20.3. The lowest BCUT2D eigenvalue weighted by molar-refractivity contribution is -0.136. The Kier molecular flexibility index (Phi) is 7.08. The van der Waals surface area contributed by atoms with Gasteiger partial charge in [-0.25, -0.2) is 4.39 Å². The quantitative estimate of drug-likeness (QED) is 0.495. The Morgan fingerprint density at radius 2 is 1.85 bits per heavy atom. The lowest BCUT2D eigenvalue weighted by atomic mass is 10.00. The Morgan fingerprint density at radius 1 is 1.12 bits per heavy atom. The molecule has 0 spiro atoms. The number of fused-ring (bicyclic) bond motifs is 1. The predicted molar refractivity (Wildman–Crippen MR) is 127 cm³/mol. The summed E-state index contributed by atoms with van der Waals surface area (Å²) in [6, 6.07) is 16.9. The van der Waals surface area contributed by atoms with Crippen LogP contribution in [0, 0.1) is 5.82 Å². The van der Waals surface area contributed by atoms with E-state index in [9.17, 15) is 14.0 Å². The summed E-state index contributed by atoms with van der Waals surface area (Å²) in [5.74, 6) is -0.505. The maximum absolute atomic E-state index is 14.3. The third-order valence-corrected chi connectivity index (χ3v) is 6.86. The number of carbonyl (C=O) groups excluding carboxylic acids is 2. The molecule has 172 valence electrons. The number of hydrogen-bond donors (Lipinski definition) is 0. The second-order valence-electron chi connectivity index (χ2n) is 8.28. The van der Waals surface area contributed by atoms with Crippen molar-refractivity contribution < 1.29 is 18.7 Å². The van der Waals surface area contributed by atoms with E-state index in [1.54, 1.807) is 28.4 Å². The van der Waals surface area contributed by atoms with Crippen molar-refractivity contribution in [1.82, 2.24) is 9.80 Å². The fourth-order valence-corrected chi connectivity index (χ4v) is 5.01. The zero-order valence-corrected chi connectivity index (χ0v) is 19.6. The summed E-state index contributed by atoms with van der Waals surface area (Å²) in [7, 11) is 0. The molecule has 0 radical (unpaired) electrons. The van der Waals surface area contributed by atoms with Gasteiger partial charge in [0.1, 0.15) is 24.7 Å². The molecule has 33 heavy (non-hydrogen) atoms. The van der Waals surface area contributed by atoms with Gasteiger partial charge in [-0.15, -0.1) is 11.3 Å². The van der Waals surface area contributed by atoms with Crippen molar-refractivity contribution in [2.24, 2.45) is 0 Å². The van der Waals surface area contributed by atoms with Gasteiger partial charge in [-0.1, -0.05) is 30.3 Å². The summed E-state index contributed by atoms with van der Waals surface area (Å²) in [4.78, 5) is 31.0. The third kappa shape index (κ3) is 5.09. The van der Waals surface area contributed by atoms with Crippen molar-refractivity contribution in [2.45, 2.75) is 32.4 Å². The van der Waals surface area contributed by atoms with Gasteiger partial charge in [-0.05, 0) is 61.5 Å². The largest absolute Gasteiger partial charge is 0.491 e. The third-order valence-electron chi connectivity index (χ3n) is 5.86. The number of halogens is 1. The zero-order chi connectivity index (χ0) is 23.4. The number of carbonyl (C=O) groups is 2. The van der Waals surface area contributed by atoms with Crippen LogP contribution in [0.2, 0.25) is 0 Å². The van der Waals surface area contributed by atoms with Gasteiger partial charge in [0.05, 0.1) is 11.6 Å². The average molecular weight is 467 g/mol. The SMILES string of the molecule is CC(C)N(CC(=O)N1CCc2sccc2C1COc1ccccc1)C(=O)c1ccccc1F. The molecule has 1 aliphatic heterocycles. The summed E-state index contributed by atoms with van der Waals surface area (Å²) >= 11 is 1.69. The highest BCUT2D eigenvalue weighted by atomic mass is 32.1. The molecule has 0 fully saturated rings. The Labute approximate surface area is 197 Å². The van der Waals surface area contributed by atoms with E-state index in [-0.39, 0.29) is 30.1 Å². The van der Waals surface area contributed by atoms with Gasteiger partial charge in [-0.3, -0.25) is 9.59 Å². The molecule has 4 rings (SSSR count). The molecule has 2 aromatic carbocycles. The Morgan fingerprint density at radius 3 is 2.58 bits per heavy atom. The molecule has 5 nitrogen and oxygen atoms in total. The van der Waals surface area contributed by atoms with E-state index in [0.717, 1.165) is 17.7 Å². The van der Waals surface area contributed by atoms with E-state index in [4.69, 9.17) is 4.74 Å². The number of thiophene rings is 1. The molecule has 0 aliphatic carbocycles. The van der Waals surface area contributed by atoms with Crippen LogP contribution in [-0.2, 0) is 11.2 Å². The maximum Gasteiger partial charge on any atom is 0.257 e. The molecule has 2 amide bonds. The van der Waals surface area contributed by atoms with Gasteiger partial charge >= 0.3 is 0 Å². The topological polar surface area (TPSA) is 49.9 Å². The summed E-state index contributed by atoms with van der Waals surface area (Å²) in [6.07, 6.45) is 0.767. The standard InChI is InChI=1S/C26H27FN2O3S/c1-18(2)29(26(31)20-10-6-7-11-22(20)27)16-25(30)28-14-12-24-21(13-15-33-24)23(28)17-32-19-8-4-3-5-9-19/h3-11,13,15,18,23H,12,14,16-17H2,1-2H3. The number of rotatable bonds is 7. The Hall–Kier alpha value is -3.19. The van der Waals surface area contributed by atoms with Crippen LogP contribution in [0.25, 0.3) is 0 Å². The molecule has 1 aromatic heterocycles. The number of para-hydroxylation sites is 1. The number of nitrogens with zero attached hydrogens (tertiary/aromatic N) is 2. The van der Waals surface area contributed by atoms with E-state index in [1.165, 1.54) is 21.9 Å². The van der Waals surface area contributed by atoms with E-state index in [1.807, 2.05) is 55.6 Å². The summed E-state index contributed by atoms with van der Waals surface area (Å²) in [5.41, 5.74) is 1.06. The first kappa shape index (κ1) is 23.0. The van der Waals surface area contributed by atoms with Crippen LogP contribution in [0.1, 0.15) is 40.7 Å². The molecule has 0 saturated heterocycles. The van der Waals surface area contributed by atoms with Gasteiger partial charge in [0.15, 0.2) is 0 Å². The number of benzene rings is 2. The van der Waals surface area contributed by atoms with Crippen LogP contribution in [0.5, 0.6) is 5.75 Å². The van der Waals surface area contributed by atoms with E-state index in [2.05, 4.69) is 0 Å². The normalized spacial score (nSPS) is 15.3. The van der Waals surface area contributed by atoms with Crippen molar-refractivity contribution in [3.63, 3.8) is 0 Å². The van der Waals surface area contributed by atoms with Crippen molar-refractivity contribution in [2.75, 3.05) is 19.7 Å². The van der Waals surface area contributed by atoms with E-state index in [0.29, 0.717) is 13.2 Å². The summed E-state index contributed by atoms with van der Waals surface area (Å²) in [6.45, 7) is 4.41. The minimum Gasteiger partial charge on any atom is -0.491 e. The van der Waals surface area contributed by atoms with Gasteiger partial charge in [0.25, 0.3) is 5.91 Å². The molecule has 0 N–H and O–H groups in total. The highest BCUT2D eigenvalue weighted by molar-refractivity contribution is 7.10. The van der Waals surface area contributed by atoms with E-state index >= 15 is 0 Å². The first-order chi connectivity index (χ1) is 16.0. The van der Waals surface area contributed by atoms with Crippen LogP contribution in [-0.4, -0.2) is 47.4 Å². The number of hydrogen-bond acceptors (Lipinski definition) is 4. The van der Waals surface area contributed by atoms with Gasteiger partial charge < -0.3 is 14.5 Å². The fourth-order valence-electron chi connectivity index (χ4n) is 4.08. The lowest BCUT2D eigenvalue weighted by Gasteiger charge is -2.37. The second-order valence-corrected chi connectivity index (χ2v) is 9.28. The second kappa shape index (κ2) is 10.2. The molecule has 1 unspecified atom stereocenters. The smallest absolute Gasteiger partial charge is 0.257 e. The van der Waals surface area contributed by atoms with E-state index < -0.39 is 11.7 Å². The Bertz CT molecular complexity index is 1120. The first-order valence-corrected chi connectivity index (χ1v) is 11.9. The molecule has 2 heterocycles. The maximum atomic E-state index is 14.3. The van der Waals surface area contributed by atoms with Crippen LogP contribution in [0.4, 0.5) is 4.39 Å². The monoisotopic (exact) mass is 466 g/mol. The van der Waals surface area contributed by atoms with Crippen molar-refractivity contribution in [3.8, 4) is 5.75 Å². The molecular weight excluding hydrogens is 439 g/mol. The predicted octanol–water partition coefficient (Wildman–Crippen LogP) is 4.94. The van der Waals surface area contributed by atoms with Crippen LogP contribution >= 0.6 is 11.3 Å². The average Bonchev–Trinajstić information content (AvgIpc) is 3.30. The molecule has 0 saturated carbocycles. The highest BCUT2D eigenvalue weighted by Crippen LogP contribution is 2.34. The van der Waals surface area contributed by atoms with Crippen LogP contribution in [0.15, 0.2) is 66.0 Å². The molecule has 3 aromatic rings. The number of amides is 2. The van der Waals surface area contributed by atoms with Gasteiger partial charge in [0, 0.05) is 17.5 Å². The minimum atomic E-state index is -0.587. The molecular formula is C26H27FN2O3S. The highest BCUT2D eigenvalue weighted by Gasteiger charge is 2.34. The molecule has 7 heteroatoms. The molecule has 1 atom stereocenters. The van der Waals surface area contributed by atoms with Crippen LogP contribution < -0.4 is 4.74 Å². The Balaban J connectivity index is 1.54. The zero-order valence-electron chi connectivity index (χ0n) is 18.7. The van der Waals surface area contributed by atoms with Crippen molar-refractivity contribution >= 4 is 23.2 Å². The first-order valence-electron chi connectivity index (χ1n) is 11.0. The molecule has 1 aliphatic rings. The van der Waals surface area contributed by atoms with Gasteiger partial charge in [0.2, 0.25) is 5.91 Å². The van der Waals surface area contributed by atoms with Crippen molar-refractivity contribution in [1.29, 1.82) is 0 Å². The fraction of sp³-hybridized carbons (Fsp3) is 0.308. The number of ether oxygens (including phenoxy) is 1. The van der Waals surface area contributed by atoms with Gasteiger partial charge in [-0.2, -0.15) is 0 Å². The van der Waals surface area contributed by atoms with Crippen molar-refractivity contribution in [3.05, 3.63) is 87.9 Å². The minimum absolute atomic E-state index is 0.0262. The summed E-state index contributed by atoms with van der Waals surface area (Å²) in [5, 5.41) is 2.04. The molecule has 0 bridgehead atoms. The lowest BCUT2D eigenvalue weighted by Crippen LogP contribution is -2.49. The van der Waals surface area contributed by atoms with Crippen LogP contribution in [0.3, 0.4) is 0 Å².